The quantitative estimate of drug-likeness (QED) is 0.552. The molecule has 0 amide bonds. The lowest BCUT2D eigenvalue weighted by molar-refractivity contribution is 0.631. The zero-order valence-electron chi connectivity index (χ0n) is 11.0. The third-order valence-electron chi connectivity index (χ3n) is 3.03. The van der Waals surface area contributed by atoms with Crippen molar-refractivity contribution in [2.75, 3.05) is 0 Å². The normalized spacial score (nSPS) is 11.4. The second-order valence-corrected chi connectivity index (χ2v) is 6.53. The van der Waals surface area contributed by atoms with Gasteiger partial charge < -0.3 is 0 Å². The van der Waals surface area contributed by atoms with Crippen LogP contribution in [0.25, 0.3) is 26.2 Å². The van der Waals surface area contributed by atoms with Gasteiger partial charge in [0.15, 0.2) is 16.6 Å². The van der Waals surface area contributed by atoms with Crippen molar-refractivity contribution >= 4 is 39.4 Å². The third-order valence-corrected chi connectivity index (χ3v) is 5.08. The lowest BCUT2D eigenvalue weighted by Gasteiger charge is -1.99. The van der Waals surface area contributed by atoms with E-state index >= 15 is 0 Å². The summed E-state index contributed by atoms with van der Waals surface area (Å²) in [5, 5.41) is 17.1. The molecule has 3 heterocycles. The fourth-order valence-corrected chi connectivity index (χ4v) is 3.63. The number of fused-ring (bicyclic) bond motifs is 1. The molecule has 0 saturated carbocycles. The second-order valence-electron chi connectivity index (χ2n) is 4.41. The Hall–Kier alpha value is -1.97. The molecular formula is C12H6ClFN6S2. The first kappa shape index (κ1) is 13.7. The Kier molecular flexibility index (Phi) is 3.13. The predicted molar refractivity (Wildman–Crippen MR) is 82.7 cm³/mol. The number of aromatic nitrogens is 6. The van der Waals surface area contributed by atoms with Gasteiger partial charge in [-0.05, 0) is 30.6 Å². The fraction of sp³-hybridized carbons (Fsp3) is 0.0833. The van der Waals surface area contributed by atoms with Crippen LogP contribution in [-0.2, 0) is 0 Å². The Morgan fingerprint density at radius 3 is 2.86 bits per heavy atom. The molecule has 0 bridgehead atoms. The molecule has 4 aromatic rings. The Labute approximate surface area is 136 Å². The van der Waals surface area contributed by atoms with Crippen molar-refractivity contribution in [1.82, 2.24) is 29.4 Å². The maximum Gasteiger partial charge on any atom is 0.235 e. The van der Waals surface area contributed by atoms with Crippen LogP contribution in [0.1, 0.15) is 5.69 Å². The highest BCUT2D eigenvalue weighted by molar-refractivity contribution is 7.19. The second kappa shape index (κ2) is 5.04. The molecule has 0 atom stereocenters. The summed E-state index contributed by atoms with van der Waals surface area (Å²) in [4.78, 5) is 1.35. The van der Waals surface area contributed by atoms with Crippen LogP contribution in [0.15, 0.2) is 18.2 Å². The molecule has 1 aromatic carbocycles. The summed E-state index contributed by atoms with van der Waals surface area (Å²) in [7, 11) is 0. The summed E-state index contributed by atoms with van der Waals surface area (Å²) in [6.07, 6.45) is 0. The van der Waals surface area contributed by atoms with Gasteiger partial charge in [0.1, 0.15) is 4.88 Å². The van der Waals surface area contributed by atoms with Crippen molar-refractivity contribution in [3.8, 4) is 21.3 Å². The number of rotatable bonds is 2. The summed E-state index contributed by atoms with van der Waals surface area (Å²) in [6, 6.07) is 4.81. The summed E-state index contributed by atoms with van der Waals surface area (Å²) in [5.74, 6) is 0.0544. The van der Waals surface area contributed by atoms with Gasteiger partial charge in [-0.15, -0.1) is 15.3 Å². The molecule has 0 radical (unpaired) electrons. The zero-order valence-corrected chi connectivity index (χ0v) is 13.4. The standard InChI is InChI=1S/C12H6ClFN6S2/c1-5-9(22-19-15-5)10-16-17-12-20(10)18-11(21-12)6-3-2-4-7(13)8(6)14/h2-4H,1H3. The van der Waals surface area contributed by atoms with E-state index in [2.05, 4.69) is 24.9 Å². The maximum absolute atomic E-state index is 14.1. The van der Waals surface area contributed by atoms with Crippen molar-refractivity contribution in [3.63, 3.8) is 0 Å². The average molecular weight is 353 g/mol. The Morgan fingerprint density at radius 1 is 1.23 bits per heavy atom. The van der Waals surface area contributed by atoms with Crippen LogP contribution in [0.5, 0.6) is 0 Å². The average Bonchev–Trinajstić information content (AvgIpc) is 3.17. The van der Waals surface area contributed by atoms with Crippen LogP contribution in [0, 0.1) is 12.7 Å². The van der Waals surface area contributed by atoms with Crippen molar-refractivity contribution in [1.29, 1.82) is 0 Å². The third kappa shape index (κ3) is 2.01. The van der Waals surface area contributed by atoms with Gasteiger partial charge in [0.2, 0.25) is 4.96 Å². The van der Waals surface area contributed by atoms with Gasteiger partial charge in [0.05, 0.1) is 10.7 Å². The highest BCUT2D eigenvalue weighted by Crippen LogP contribution is 2.32. The lowest BCUT2D eigenvalue weighted by atomic mass is 10.2. The number of hydrogen-bond acceptors (Lipinski definition) is 7. The molecule has 4 rings (SSSR count). The van der Waals surface area contributed by atoms with Gasteiger partial charge >= 0.3 is 0 Å². The molecule has 0 aliphatic rings. The minimum atomic E-state index is -0.494. The highest BCUT2D eigenvalue weighted by Gasteiger charge is 2.19. The minimum absolute atomic E-state index is 0.0613. The van der Waals surface area contributed by atoms with Crippen LogP contribution in [-0.4, -0.2) is 29.4 Å². The molecule has 0 N–H and O–H groups in total. The van der Waals surface area contributed by atoms with E-state index < -0.39 is 5.82 Å². The van der Waals surface area contributed by atoms with Crippen molar-refractivity contribution in [3.05, 3.63) is 34.7 Å². The fourth-order valence-electron chi connectivity index (χ4n) is 1.97. The SMILES string of the molecule is Cc1nnsc1-c1nnc2sc(-c3cccc(Cl)c3F)nn12. The van der Waals surface area contributed by atoms with E-state index in [4.69, 9.17) is 11.6 Å². The molecule has 0 aliphatic carbocycles. The summed E-state index contributed by atoms with van der Waals surface area (Å²) in [5.41, 5.74) is 1.09. The first-order chi connectivity index (χ1) is 10.6. The maximum atomic E-state index is 14.1. The van der Waals surface area contributed by atoms with E-state index in [-0.39, 0.29) is 5.02 Å². The largest absolute Gasteiger partial charge is 0.235 e. The van der Waals surface area contributed by atoms with Gasteiger partial charge in [-0.25, -0.2) is 4.39 Å². The van der Waals surface area contributed by atoms with Gasteiger partial charge in [-0.2, -0.15) is 9.61 Å². The van der Waals surface area contributed by atoms with E-state index in [0.29, 0.717) is 21.4 Å². The van der Waals surface area contributed by atoms with E-state index in [1.807, 2.05) is 6.92 Å². The number of halogens is 2. The van der Waals surface area contributed by atoms with Crippen molar-refractivity contribution in [2.45, 2.75) is 6.92 Å². The molecule has 110 valence electrons. The molecule has 0 spiro atoms. The first-order valence-electron chi connectivity index (χ1n) is 6.11. The molecule has 10 heteroatoms. The van der Waals surface area contributed by atoms with E-state index in [1.165, 1.54) is 28.9 Å². The first-order valence-corrected chi connectivity index (χ1v) is 8.08. The topological polar surface area (TPSA) is 68.9 Å². The monoisotopic (exact) mass is 352 g/mol. The Balaban J connectivity index is 1.91. The van der Waals surface area contributed by atoms with Gasteiger partial charge in [0.25, 0.3) is 0 Å². The Morgan fingerprint density at radius 2 is 2.09 bits per heavy atom. The van der Waals surface area contributed by atoms with Crippen LogP contribution in [0.3, 0.4) is 0 Å². The van der Waals surface area contributed by atoms with Gasteiger partial charge in [-0.1, -0.05) is 33.5 Å². The summed E-state index contributed by atoms with van der Waals surface area (Å²) in [6.45, 7) is 1.84. The predicted octanol–water partition coefficient (Wildman–Crippen LogP) is 3.47. The number of nitrogens with zero attached hydrogens (tertiary/aromatic N) is 6. The van der Waals surface area contributed by atoms with Crippen LogP contribution in [0.4, 0.5) is 4.39 Å². The number of aryl methyl sites for hydroxylation is 1. The molecule has 6 nitrogen and oxygen atoms in total. The van der Waals surface area contributed by atoms with Gasteiger partial charge in [-0.3, -0.25) is 0 Å². The molecule has 0 fully saturated rings. The molecular weight excluding hydrogens is 347 g/mol. The molecule has 0 unspecified atom stereocenters. The van der Waals surface area contributed by atoms with Crippen LogP contribution >= 0.6 is 34.5 Å². The summed E-state index contributed by atoms with van der Waals surface area (Å²) < 4.78 is 19.6. The molecule has 3 aromatic heterocycles. The smallest absolute Gasteiger partial charge is 0.205 e. The van der Waals surface area contributed by atoms with Crippen LogP contribution < -0.4 is 0 Å². The van der Waals surface area contributed by atoms with E-state index in [1.54, 1.807) is 16.6 Å². The van der Waals surface area contributed by atoms with Gasteiger partial charge in [0, 0.05) is 5.56 Å². The van der Waals surface area contributed by atoms with E-state index in [9.17, 15) is 4.39 Å². The Bertz CT molecular complexity index is 991. The summed E-state index contributed by atoms with van der Waals surface area (Å²) >= 11 is 8.28. The zero-order chi connectivity index (χ0) is 15.3. The molecule has 0 aliphatic heterocycles. The lowest BCUT2D eigenvalue weighted by Crippen LogP contribution is -1.92. The van der Waals surface area contributed by atoms with Crippen molar-refractivity contribution in [2.24, 2.45) is 0 Å². The number of hydrogen-bond donors (Lipinski definition) is 0. The van der Waals surface area contributed by atoms with E-state index in [0.717, 1.165) is 10.6 Å². The minimum Gasteiger partial charge on any atom is -0.205 e. The highest BCUT2D eigenvalue weighted by atomic mass is 35.5. The molecule has 0 saturated heterocycles. The number of benzene rings is 1. The molecule has 22 heavy (non-hydrogen) atoms. The van der Waals surface area contributed by atoms with Crippen molar-refractivity contribution < 1.29 is 4.39 Å². The van der Waals surface area contributed by atoms with Crippen LogP contribution in [0.2, 0.25) is 5.02 Å².